The van der Waals surface area contributed by atoms with E-state index in [9.17, 15) is 4.39 Å². The van der Waals surface area contributed by atoms with Crippen molar-refractivity contribution in [3.63, 3.8) is 0 Å². The van der Waals surface area contributed by atoms with Gasteiger partial charge in [0.25, 0.3) is 0 Å². The molecule has 0 aliphatic carbocycles. The number of rotatable bonds is 3. The number of halogens is 1. The van der Waals surface area contributed by atoms with E-state index in [2.05, 4.69) is 0 Å². The average Bonchev–Trinajstić information content (AvgIpc) is 1.84. The Hall–Kier alpha value is -0.110. The lowest BCUT2D eigenvalue weighted by molar-refractivity contribution is 0.244. The van der Waals surface area contributed by atoms with Gasteiger partial charge < -0.3 is 5.73 Å². The molecule has 0 aromatic carbocycles. The van der Waals surface area contributed by atoms with E-state index in [4.69, 9.17) is 5.73 Å². The summed E-state index contributed by atoms with van der Waals surface area (Å²) in [4.78, 5) is 0. The van der Waals surface area contributed by atoms with Crippen LogP contribution in [0.2, 0.25) is 0 Å². The Bertz CT molecular complexity index is 48.5. The topological polar surface area (TPSA) is 26.0 Å². The molecule has 2 unspecified atom stereocenters. The molecule has 0 aliphatic heterocycles. The molecular weight excluding hydrogens is 105 g/mol. The number of alkyl halides is 1. The average molecular weight is 119 g/mol. The second-order valence-electron chi connectivity index (χ2n) is 2.14. The SMILES string of the molecule is CCC(C)C(F)CN. The smallest absolute Gasteiger partial charge is 0.115 e. The van der Waals surface area contributed by atoms with Gasteiger partial charge in [-0.2, -0.15) is 0 Å². The Morgan fingerprint density at radius 2 is 2.12 bits per heavy atom. The van der Waals surface area contributed by atoms with Crippen molar-refractivity contribution in [1.29, 1.82) is 0 Å². The van der Waals surface area contributed by atoms with Gasteiger partial charge in [0.2, 0.25) is 0 Å². The standard InChI is InChI=1S/C6H14FN/c1-3-5(2)6(7)4-8/h5-6H,3-4,8H2,1-2H3. The molecule has 0 aromatic rings. The summed E-state index contributed by atoms with van der Waals surface area (Å²) in [6, 6.07) is 0. The molecule has 0 aliphatic rings. The van der Waals surface area contributed by atoms with Crippen LogP contribution in [0.15, 0.2) is 0 Å². The molecule has 0 fully saturated rings. The highest BCUT2D eigenvalue weighted by molar-refractivity contribution is 4.62. The maximum Gasteiger partial charge on any atom is 0.115 e. The fraction of sp³-hybridized carbons (Fsp3) is 1.00. The normalized spacial score (nSPS) is 18.0. The van der Waals surface area contributed by atoms with Crippen molar-refractivity contribution in [2.45, 2.75) is 26.4 Å². The van der Waals surface area contributed by atoms with Crippen molar-refractivity contribution in [3.8, 4) is 0 Å². The third-order valence-electron chi connectivity index (χ3n) is 1.49. The van der Waals surface area contributed by atoms with Gasteiger partial charge in [-0.25, -0.2) is 4.39 Å². The molecule has 0 aromatic heterocycles. The number of nitrogens with two attached hydrogens (primary N) is 1. The molecule has 0 saturated carbocycles. The molecule has 0 amide bonds. The van der Waals surface area contributed by atoms with Crippen molar-refractivity contribution in [3.05, 3.63) is 0 Å². The van der Waals surface area contributed by atoms with E-state index in [-0.39, 0.29) is 12.5 Å². The molecule has 0 heterocycles. The Morgan fingerprint density at radius 1 is 1.62 bits per heavy atom. The first kappa shape index (κ1) is 7.89. The quantitative estimate of drug-likeness (QED) is 0.596. The van der Waals surface area contributed by atoms with Crippen molar-refractivity contribution in [2.24, 2.45) is 11.7 Å². The van der Waals surface area contributed by atoms with Gasteiger partial charge in [0.05, 0.1) is 0 Å². The lowest BCUT2D eigenvalue weighted by atomic mass is 10.0. The Labute approximate surface area is 50.1 Å². The Balaban J connectivity index is 3.29. The van der Waals surface area contributed by atoms with Crippen LogP contribution in [0.5, 0.6) is 0 Å². The Morgan fingerprint density at radius 3 is 2.25 bits per heavy atom. The van der Waals surface area contributed by atoms with Gasteiger partial charge >= 0.3 is 0 Å². The van der Waals surface area contributed by atoms with Crippen LogP contribution in [0.25, 0.3) is 0 Å². The van der Waals surface area contributed by atoms with Gasteiger partial charge in [0, 0.05) is 6.54 Å². The van der Waals surface area contributed by atoms with Crippen molar-refractivity contribution < 1.29 is 4.39 Å². The maximum atomic E-state index is 12.4. The zero-order valence-corrected chi connectivity index (χ0v) is 5.52. The second kappa shape index (κ2) is 3.84. The van der Waals surface area contributed by atoms with E-state index in [0.717, 1.165) is 6.42 Å². The van der Waals surface area contributed by atoms with E-state index in [1.807, 2.05) is 13.8 Å². The van der Waals surface area contributed by atoms with Gasteiger partial charge in [-0.1, -0.05) is 20.3 Å². The van der Waals surface area contributed by atoms with Gasteiger partial charge in [-0.05, 0) is 5.92 Å². The van der Waals surface area contributed by atoms with Crippen LogP contribution in [-0.2, 0) is 0 Å². The third-order valence-corrected chi connectivity index (χ3v) is 1.49. The fourth-order valence-corrected chi connectivity index (χ4v) is 0.488. The summed E-state index contributed by atoms with van der Waals surface area (Å²) >= 11 is 0. The molecular formula is C6H14FN. The first-order chi connectivity index (χ1) is 3.72. The lowest BCUT2D eigenvalue weighted by Crippen LogP contribution is -2.22. The molecule has 0 radical (unpaired) electrons. The van der Waals surface area contributed by atoms with E-state index in [1.165, 1.54) is 0 Å². The molecule has 0 spiro atoms. The summed E-state index contributed by atoms with van der Waals surface area (Å²) in [5.41, 5.74) is 5.07. The Kier molecular flexibility index (Phi) is 3.79. The molecule has 1 nitrogen and oxygen atoms in total. The van der Waals surface area contributed by atoms with Crippen LogP contribution in [-0.4, -0.2) is 12.7 Å². The zero-order chi connectivity index (χ0) is 6.57. The van der Waals surface area contributed by atoms with E-state index >= 15 is 0 Å². The molecule has 2 atom stereocenters. The minimum atomic E-state index is -0.806. The predicted molar refractivity (Wildman–Crippen MR) is 33.4 cm³/mol. The van der Waals surface area contributed by atoms with Crippen molar-refractivity contribution in [2.75, 3.05) is 6.54 Å². The van der Waals surface area contributed by atoms with E-state index in [1.54, 1.807) is 0 Å². The van der Waals surface area contributed by atoms with Gasteiger partial charge in [-0.3, -0.25) is 0 Å². The minimum absolute atomic E-state index is 0.125. The monoisotopic (exact) mass is 119 g/mol. The van der Waals surface area contributed by atoms with Crippen LogP contribution < -0.4 is 5.73 Å². The molecule has 0 bridgehead atoms. The second-order valence-corrected chi connectivity index (χ2v) is 2.14. The summed E-state index contributed by atoms with van der Waals surface area (Å²) in [7, 11) is 0. The molecule has 50 valence electrons. The zero-order valence-electron chi connectivity index (χ0n) is 5.52. The van der Waals surface area contributed by atoms with Gasteiger partial charge in [0.1, 0.15) is 6.17 Å². The summed E-state index contributed by atoms with van der Waals surface area (Å²) < 4.78 is 12.4. The number of hydrogen-bond acceptors (Lipinski definition) is 1. The molecule has 8 heavy (non-hydrogen) atoms. The number of hydrogen-bond donors (Lipinski definition) is 1. The van der Waals surface area contributed by atoms with E-state index < -0.39 is 6.17 Å². The summed E-state index contributed by atoms with van der Waals surface area (Å²) in [6.07, 6.45) is 0.0678. The highest BCUT2D eigenvalue weighted by atomic mass is 19.1. The van der Waals surface area contributed by atoms with Crippen LogP contribution in [0.3, 0.4) is 0 Å². The maximum absolute atomic E-state index is 12.4. The molecule has 2 N–H and O–H groups in total. The van der Waals surface area contributed by atoms with E-state index in [0.29, 0.717) is 0 Å². The third kappa shape index (κ3) is 2.26. The summed E-state index contributed by atoms with van der Waals surface area (Å²) in [6.45, 7) is 4.00. The molecule has 0 rings (SSSR count). The van der Waals surface area contributed by atoms with Crippen molar-refractivity contribution >= 4 is 0 Å². The first-order valence-electron chi connectivity index (χ1n) is 3.06. The first-order valence-corrected chi connectivity index (χ1v) is 3.06. The summed E-state index contributed by atoms with van der Waals surface area (Å²) in [5, 5.41) is 0. The van der Waals surface area contributed by atoms with Crippen LogP contribution >= 0.6 is 0 Å². The van der Waals surface area contributed by atoms with Crippen LogP contribution in [0, 0.1) is 5.92 Å². The lowest BCUT2D eigenvalue weighted by Gasteiger charge is -2.10. The fourth-order valence-electron chi connectivity index (χ4n) is 0.488. The molecule has 0 saturated heterocycles. The van der Waals surface area contributed by atoms with Crippen LogP contribution in [0.4, 0.5) is 4.39 Å². The minimum Gasteiger partial charge on any atom is -0.328 e. The van der Waals surface area contributed by atoms with Crippen molar-refractivity contribution in [1.82, 2.24) is 0 Å². The highest BCUT2D eigenvalue weighted by Crippen LogP contribution is 2.08. The van der Waals surface area contributed by atoms with Crippen LogP contribution in [0.1, 0.15) is 20.3 Å². The molecule has 2 heteroatoms. The van der Waals surface area contributed by atoms with Gasteiger partial charge in [-0.15, -0.1) is 0 Å². The summed E-state index contributed by atoms with van der Waals surface area (Å²) in [5.74, 6) is 0.125. The van der Waals surface area contributed by atoms with Gasteiger partial charge in [0.15, 0.2) is 0 Å². The largest absolute Gasteiger partial charge is 0.328 e. The highest BCUT2D eigenvalue weighted by Gasteiger charge is 2.10. The predicted octanol–water partition coefficient (Wildman–Crippen LogP) is 1.33.